The molecule has 23 heavy (non-hydrogen) atoms. The van der Waals surface area contributed by atoms with E-state index in [0.29, 0.717) is 11.6 Å². The number of hydrogen-bond donors (Lipinski definition) is 0. The lowest BCUT2D eigenvalue weighted by molar-refractivity contribution is -0.135. The Hall–Kier alpha value is -1.56. The standard InChI is InChI=1S/C16H13Cl2N3OS/c17-11-8-21(9-15(22)20-4-1-5-20)12-6-10(7-19-16(11)12)13-2-3-14(18)23-13/h2-3,6-8H,1,4-5,9H2. The van der Waals surface area contributed by atoms with Crippen LogP contribution in [0.4, 0.5) is 0 Å². The van der Waals surface area contributed by atoms with Crippen LogP contribution in [0.1, 0.15) is 6.42 Å². The predicted octanol–water partition coefficient (Wildman–Crippen LogP) is 4.30. The maximum atomic E-state index is 12.2. The zero-order valence-electron chi connectivity index (χ0n) is 12.1. The molecule has 0 atom stereocenters. The van der Waals surface area contributed by atoms with Crippen LogP contribution in [0.25, 0.3) is 21.5 Å². The molecule has 4 rings (SSSR count). The smallest absolute Gasteiger partial charge is 0.242 e. The van der Waals surface area contributed by atoms with Gasteiger partial charge in [-0.25, -0.2) is 0 Å². The van der Waals surface area contributed by atoms with Gasteiger partial charge < -0.3 is 9.47 Å². The molecule has 1 aliphatic rings. The fourth-order valence-electron chi connectivity index (χ4n) is 2.67. The number of thiophene rings is 1. The van der Waals surface area contributed by atoms with Crippen LogP contribution in [0, 0.1) is 0 Å². The number of amides is 1. The topological polar surface area (TPSA) is 38.1 Å². The molecule has 1 amide bonds. The summed E-state index contributed by atoms with van der Waals surface area (Å²) in [4.78, 5) is 19.6. The van der Waals surface area contributed by atoms with Crippen molar-refractivity contribution in [3.63, 3.8) is 0 Å². The molecule has 0 aromatic carbocycles. The molecule has 0 unspecified atom stereocenters. The molecule has 0 spiro atoms. The van der Waals surface area contributed by atoms with Gasteiger partial charge >= 0.3 is 0 Å². The van der Waals surface area contributed by atoms with E-state index in [4.69, 9.17) is 23.2 Å². The van der Waals surface area contributed by atoms with E-state index in [2.05, 4.69) is 4.98 Å². The van der Waals surface area contributed by atoms with Crippen molar-refractivity contribution in [2.45, 2.75) is 13.0 Å². The number of nitrogens with zero attached hydrogens (tertiary/aromatic N) is 3. The Morgan fingerprint density at radius 1 is 1.30 bits per heavy atom. The number of halogens is 2. The minimum atomic E-state index is 0.120. The highest BCUT2D eigenvalue weighted by molar-refractivity contribution is 7.19. The molecule has 118 valence electrons. The summed E-state index contributed by atoms with van der Waals surface area (Å²) in [6, 6.07) is 5.85. The minimum absolute atomic E-state index is 0.120. The molecule has 1 fully saturated rings. The van der Waals surface area contributed by atoms with E-state index >= 15 is 0 Å². The van der Waals surface area contributed by atoms with Crippen molar-refractivity contribution in [2.75, 3.05) is 13.1 Å². The second-order valence-corrected chi connectivity index (χ2v) is 7.66. The van der Waals surface area contributed by atoms with Crippen molar-refractivity contribution in [3.05, 3.63) is 40.0 Å². The van der Waals surface area contributed by atoms with E-state index in [-0.39, 0.29) is 5.91 Å². The third-order valence-corrected chi connectivity index (χ3v) is 5.60. The normalized spacial score (nSPS) is 14.3. The van der Waals surface area contributed by atoms with Crippen molar-refractivity contribution in [1.29, 1.82) is 0 Å². The van der Waals surface area contributed by atoms with Crippen LogP contribution in [0.2, 0.25) is 9.36 Å². The number of aromatic nitrogens is 2. The van der Waals surface area contributed by atoms with Gasteiger partial charge in [0.2, 0.25) is 5.91 Å². The maximum absolute atomic E-state index is 12.2. The van der Waals surface area contributed by atoms with Crippen LogP contribution in [-0.2, 0) is 11.3 Å². The molecule has 0 aliphatic carbocycles. The summed E-state index contributed by atoms with van der Waals surface area (Å²) in [5, 5.41) is 0.562. The number of hydrogen-bond acceptors (Lipinski definition) is 3. The second-order valence-electron chi connectivity index (χ2n) is 5.53. The monoisotopic (exact) mass is 365 g/mol. The third kappa shape index (κ3) is 2.73. The van der Waals surface area contributed by atoms with E-state index in [0.717, 1.165) is 45.3 Å². The fraction of sp³-hybridized carbons (Fsp3) is 0.250. The van der Waals surface area contributed by atoms with Gasteiger partial charge in [-0.1, -0.05) is 23.2 Å². The Morgan fingerprint density at radius 2 is 2.13 bits per heavy atom. The van der Waals surface area contributed by atoms with Gasteiger partial charge in [0, 0.05) is 35.9 Å². The SMILES string of the molecule is O=C(Cn1cc(Cl)c2ncc(-c3ccc(Cl)s3)cc21)N1CCC1. The number of rotatable bonds is 3. The summed E-state index contributed by atoms with van der Waals surface area (Å²) < 4.78 is 2.62. The molecular formula is C16H13Cl2N3OS. The lowest BCUT2D eigenvalue weighted by Crippen LogP contribution is -2.43. The average molecular weight is 366 g/mol. The number of pyridine rings is 1. The number of carbonyl (C=O) groups excluding carboxylic acids is 1. The van der Waals surface area contributed by atoms with Crippen molar-refractivity contribution < 1.29 is 4.79 Å². The van der Waals surface area contributed by atoms with Gasteiger partial charge in [-0.05, 0) is 24.6 Å². The summed E-state index contributed by atoms with van der Waals surface area (Å²) in [6.07, 6.45) is 4.66. The van der Waals surface area contributed by atoms with E-state index in [1.54, 1.807) is 12.4 Å². The molecule has 1 aliphatic heterocycles. The van der Waals surface area contributed by atoms with Crippen LogP contribution < -0.4 is 0 Å². The summed E-state index contributed by atoms with van der Waals surface area (Å²) in [5.41, 5.74) is 2.56. The van der Waals surface area contributed by atoms with Crippen LogP contribution in [-0.4, -0.2) is 33.4 Å². The third-order valence-electron chi connectivity index (χ3n) is 4.04. The van der Waals surface area contributed by atoms with Gasteiger partial charge in [-0.15, -0.1) is 11.3 Å². The van der Waals surface area contributed by atoms with Crippen molar-refractivity contribution >= 4 is 51.5 Å². The molecule has 0 radical (unpaired) electrons. The summed E-state index contributed by atoms with van der Waals surface area (Å²) in [7, 11) is 0. The van der Waals surface area contributed by atoms with Crippen LogP contribution in [0.5, 0.6) is 0 Å². The van der Waals surface area contributed by atoms with Crippen LogP contribution >= 0.6 is 34.5 Å². The molecule has 0 bridgehead atoms. The Labute approximate surface area is 147 Å². The van der Waals surface area contributed by atoms with Crippen molar-refractivity contribution in [1.82, 2.24) is 14.5 Å². The zero-order chi connectivity index (χ0) is 16.0. The van der Waals surface area contributed by atoms with Gasteiger partial charge in [0.1, 0.15) is 12.1 Å². The zero-order valence-corrected chi connectivity index (χ0v) is 14.5. The minimum Gasteiger partial charge on any atom is -0.341 e. The Morgan fingerprint density at radius 3 is 2.78 bits per heavy atom. The molecule has 1 saturated heterocycles. The molecule has 0 saturated carbocycles. The van der Waals surface area contributed by atoms with E-state index in [9.17, 15) is 4.79 Å². The molecular weight excluding hydrogens is 353 g/mol. The van der Waals surface area contributed by atoms with Gasteiger partial charge in [0.15, 0.2) is 0 Å². The Kier molecular flexibility index (Phi) is 3.79. The Balaban J connectivity index is 1.73. The number of fused-ring (bicyclic) bond motifs is 1. The number of likely N-dealkylation sites (tertiary alicyclic amines) is 1. The highest BCUT2D eigenvalue weighted by atomic mass is 35.5. The lowest BCUT2D eigenvalue weighted by atomic mass is 10.2. The number of carbonyl (C=O) groups is 1. The predicted molar refractivity (Wildman–Crippen MR) is 94.3 cm³/mol. The van der Waals surface area contributed by atoms with Gasteiger partial charge in [-0.2, -0.15) is 0 Å². The van der Waals surface area contributed by atoms with Crippen LogP contribution in [0.15, 0.2) is 30.6 Å². The molecule has 0 N–H and O–H groups in total. The van der Waals surface area contributed by atoms with E-state index < -0.39 is 0 Å². The first-order chi connectivity index (χ1) is 11.1. The molecule has 3 aromatic rings. The average Bonchev–Trinajstić information content (AvgIpc) is 3.02. The lowest BCUT2D eigenvalue weighted by Gasteiger charge is -2.31. The summed E-state index contributed by atoms with van der Waals surface area (Å²) in [5.74, 6) is 0.120. The largest absolute Gasteiger partial charge is 0.341 e. The summed E-state index contributed by atoms with van der Waals surface area (Å²) >= 11 is 13.8. The summed E-state index contributed by atoms with van der Waals surface area (Å²) in [6.45, 7) is 1.99. The maximum Gasteiger partial charge on any atom is 0.242 e. The van der Waals surface area contributed by atoms with Crippen molar-refractivity contribution in [2.24, 2.45) is 0 Å². The first-order valence-corrected chi connectivity index (χ1v) is 8.87. The highest BCUT2D eigenvalue weighted by Gasteiger charge is 2.21. The first-order valence-electron chi connectivity index (χ1n) is 7.30. The van der Waals surface area contributed by atoms with E-state index in [1.165, 1.54) is 11.3 Å². The molecule has 3 aromatic heterocycles. The second kappa shape index (κ2) is 5.82. The van der Waals surface area contributed by atoms with Gasteiger partial charge in [-0.3, -0.25) is 9.78 Å². The van der Waals surface area contributed by atoms with Crippen molar-refractivity contribution in [3.8, 4) is 10.4 Å². The highest BCUT2D eigenvalue weighted by Crippen LogP contribution is 2.33. The first kappa shape index (κ1) is 15.0. The molecule has 4 nitrogen and oxygen atoms in total. The van der Waals surface area contributed by atoms with Gasteiger partial charge in [0.25, 0.3) is 0 Å². The quantitative estimate of drug-likeness (QED) is 0.693. The van der Waals surface area contributed by atoms with Crippen LogP contribution in [0.3, 0.4) is 0 Å². The Bertz CT molecular complexity index is 898. The van der Waals surface area contributed by atoms with Gasteiger partial charge in [0.05, 0.1) is 14.9 Å². The fourth-order valence-corrected chi connectivity index (χ4v) is 3.96. The molecule has 7 heteroatoms. The van der Waals surface area contributed by atoms with E-state index in [1.807, 2.05) is 27.7 Å². The molecule has 4 heterocycles.